The molecule has 0 fully saturated rings. The fourth-order valence-corrected chi connectivity index (χ4v) is 2.01. The highest BCUT2D eigenvalue weighted by molar-refractivity contribution is 5.89. The Labute approximate surface area is 127 Å². The van der Waals surface area contributed by atoms with Crippen molar-refractivity contribution < 1.29 is 24.5 Å². The number of aliphatic carboxylic acids is 1. The minimum Gasteiger partial charge on any atom is -0.489 e. The van der Waals surface area contributed by atoms with Crippen molar-refractivity contribution >= 4 is 11.9 Å². The molecule has 0 aliphatic rings. The summed E-state index contributed by atoms with van der Waals surface area (Å²) in [7, 11) is 0. The fourth-order valence-electron chi connectivity index (χ4n) is 2.01. The van der Waals surface area contributed by atoms with Crippen molar-refractivity contribution in [1.29, 1.82) is 0 Å². The molecule has 0 saturated carbocycles. The Hall–Kier alpha value is -2.82. The molecule has 0 heterocycles. The number of hydrogen-bond acceptors (Lipinski definition) is 3. The molecule has 0 amide bonds. The van der Waals surface area contributed by atoms with Gasteiger partial charge in [0.2, 0.25) is 0 Å². The number of aromatic carboxylic acids is 1. The fraction of sp³-hybridized carbons (Fsp3) is 0.176. The molecule has 2 aromatic rings. The van der Waals surface area contributed by atoms with Crippen LogP contribution in [0.4, 0.5) is 0 Å². The Bertz CT molecular complexity index is 676. The molecule has 2 N–H and O–H groups in total. The molecule has 0 saturated heterocycles. The zero-order valence-electron chi connectivity index (χ0n) is 12.0. The summed E-state index contributed by atoms with van der Waals surface area (Å²) in [6.07, 6.45) is 0. The standard InChI is InChI=1S/C17H16O5/c1-11(16(18)19)12-6-8-14(9-7-12)22-10-13-4-2-3-5-15(13)17(20)21/h2-9,11H,10H2,1H3,(H,18,19)(H,20,21)/t11-/m0/s1. The molecule has 2 aromatic carbocycles. The zero-order chi connectivity index (χ0) is 16.1. The van der Waals surface area contributed by atoms with Crippen molar-refractivity contribution in [1.82, 2.24) is 0 Å². The lowest BCUT2D eigenvalue weighted by molar-refractivity contribution is -0.138. The van der Waals surface area contributed by atoms with Crippen LogP contribution in [-0.4, -0.2) is 22.2 Å². The summed E-state index contributed by atoms with van der Waals surface area (Å²) in [5.41, 5.74) is 1.47. The van der Waals surface area contributed by atoms with E-state index >= 15 is 0 Å². The van der Waals surface area contributed by atoms with Crippen molar-refractivity contribution in [2.45, 2.75) is 19.4 Å². The minimum absolute atomic E-state index is 0.135. The maximum atomic E-state index is 11.1. The normalized spacial score (nSPS) is 11.7. The molecule has 2 rings (SSSR count). The van der Waals surface area contributed by atoms with Gasteiger partial charge >= 0.3 is 11.9 Å². The number of carboxylic acid groups (broad SMARTS) is 2. The Morgan fingerprint density at radius 1 is 1.05 bits per heavy atom. The third kappa shape index (κ3) is 3.63. The van der Waals surface area contributed by atoms with Gasteiger partial charge in [-0.1, -0.05) is 30.3 Å². The van der Waals surface area contributed by atoms with E-state index in [9.17, 15) is 9.59 Å². The number of rotatable bonds is 6. The first-order valence-electron chi connectivity index (χ1n) is 6.76. The lowest BCUT2D eigenvalue weighted by atomic mass is 10.0. The van der Waals surface area contributed by atoms with Crippen molar-refractivity contribution in [3.63, 3.8) is 0 Å². The molecule has 5 heteroatoms. The van der Waals surface area contributed by atoms with Gasteiger partial charge in [-0.05, 0) is 30.7 Å². The van der Waals surface area contributed by atoms with E-state index in [0.29, 0.717) is 16.9 Å². The monoisotopic (exact) mass is 300 g/mol. The minimum atomic E-state index is -0.996. The molecule has 5 nitrogen and oxygen atoms in total. The maximum absolute atomic E-state index is 11.1. The van der Waals surface area contributed by atoms with E-state index < -0.39 is 17.9 Å². The summed E-state index contributed by atoms with van der Waals surface area (Å²) in [4.78, 5) is 22.0. The second-order valence-electron chi connectivity index (χ2n) is 4.88. The van der Waals surface area contributed by atoms with E-state index in [1.165, 1.54) is 6.07 Å². The van der Waals surface area contributed by atoms with E-state index in [1.807, 2.05) is 0 Å². The van der Waals surface area contributed by atoms with Gasteiger partial charge in [0.25, 0.3) is 0 Å². The van der Waals surface area contributed by atoms with Crippen molar-refractivity contribution in [3.8, 4) is 5.75 Å². The van der Waals surface area contributed by atoms with E-state index in [1.54, 1.807) is 49.4 Å². The molecule has 0 radical (unpaired) electrons. The van der Waals surface area contributed by atoms with E-state index in [4.69, 9.17) is 14.9 Å². The quantitative estimate of drug-likeness (QED) is 0.856. The third-order valence-electron chi connectivity index (χ3n) is 3.39. The summed E-state index contributed by atoms with van der Waals surface area (Å²) in [6.45, 7) is 1.75. The summed E-state index contributed by atoms with van der Waals surface area (Å²) < 4.78 is 5.57. The molecule has 114 valence electrons. The first-order chi connectivity index (χ1) is 10.5. The predicted molar refractivity (Wildman–Crippen MR) is 80.2 cm³/mol. The van der Waals surface area contributed by atoms with Gasteiger partial charge in [0.1, 0.15) is 12.4 Å². The SMILES string of the molecule is C[C@H](C(=O)O)c1ccc(OCc2ccccc2C(=O)O)cc1. The van der Waals surface area contributed by atoms with Gasteiger partial charge < -0.3 is 14.9 Å². The summed E-state index contributed by atoms with van der Waals surface area (Å²) in [5, 5.41) is 18.1. The smallest absolute Gasteiger partial charge is 0.336 e. The van der Waals surface area contributed by atoms with Crippen LogP contribution in [0.15, 0.2) is 48.5 Å². The van der Waals surface area contributed by atoms with Crippen LogP contribution >= 0.6 is 0 Å². The Morgan fingerprint density at radius 3 is 2.27 bits per heavy atom. The number of ether oxygens (including phenoxy) is 1. The van der Waals surface area contributed by atoms with Crippen LogP contribution in [0.5, 0.6) is 5.75 Å². The molecule has 22 heavy (non-hydrogen) atoms. The highest BCUT2D eigenvalue weighted by atomic mass is 16.5. The van der Waals surface area contributed by atoms with E-state index in [2.05, 4.69) is 0 Å². The summed E-state index contributed by atoms with van der Waals surface area (Å²) in [5.74, 6) is -1.91. The lowest BCUT2D eigenvalue weighted by Gasteiger charge is -2.10. The number of hydrogen-bond donors (Lipinski definition) is 2. The van der Waals surface area contributed by atoms with Gasteiger partial charge in [0.15, 0.2) is 0 Å². The Balaban J connectivity index is 2.07. The number of benzene rings is 2. The van der Waals surface area contributed by atoms with Crippen LogP contribution < -0.4 is 4.74 Å². The molecule has 0 aliphatic heterocycles. The molecule has 0 bridgehead atoms. The topological polar surface area (TPSA) is 83.8 Å². The molecule has 0 aliphatic carbocycles. The van der Waals surface area contributed by atoms with Crippen molar-refractivity contribution in [2.24, 2.45) is 0 Å². The highest BCUT2D eigenvalue weighted by Gasteiger charge is 2.13. The highest BCUT2D eigenvalue weighted by Crippen LogP contribution is 2.20. The van der Waals surface area contributed by atoms with Crippen LogP contribution in [0.1, 0.15) is 34.3 Å². The first kappa shape index (κ1) is 15.6. The molecular formula is C17H16O5. The van der Waals surface area contributed by atoms with Crippen LogP contribution in [0.3, 0.4) is 0 Å². The van der Waals surface area contributed by atoms with Gasteiger partial charge in [0.05, 0.1) is 11.5 Å². The first-order valence-corrected chi connectivity index (χ1v) is 6.76. The number of carbonyl (C=O) groups is 2. The largest absolute Gasteiger partial charge is 0.489 e. The average molecular weight is 300 g/mol. The molecule has 0 spiro atoms. The maximum Gasteiger partial charge on any atom is 0.336 e. The third-order valence-corrected chi connectivity index (χ3v) is 3.39. The number of carboxylic acids is 2. The van der Waals surface area contributed by atoms with E-state index in [-0.39, 0.29) is 12.2 Å². The predicted octanol–water partition coefficient (Wildman–Crippen LogP) is 3.15. The molecule has 1 atom stereocenters. The van der Waals surface area contributed by atoms with Gasteiger partial charge in [-0.15, -0.1) is 0 Å². The summed E-state index contributed by atoms with van der Waals surface area (Å²) >= 11 is 0. The summed E-state index contributed by atoms with van der Waals surface area (Å²) in [6, 6.07) is 13.4. The molecular weight excluding hydrogens is 284 g/mol. The Morgan fingerprint density at radius 2 is 1.68 bits per heavy atom. The second kappa shape index (κ2) is 6.76. The van der Waals surface area contributed by atoms with E-state index in [0.717, 1.165) is 0 Å². The average Bonchev–Trinajstić information content (AvgIpc) is 2.52. The molecule has 0 aromatic heterocycles. The second-order valence-corrected chi connectivity index (χ2v) is 4.88. The van der Waals surface area contributed by atoms with Crippen LogP contribution in [0.25, 0.3) is 0 Å². The van der Waals surface area contributed by atoms with Crippen molar-refractivity contribution in [2.75, 3.05) is 0 Å². The van der Waals surface area contributed by atoms with Gasteiger partial charge in [-0.25, -0.2) is 4.79 Å². The Kier molecular flexibility index (Phi) is 4.78. The van der Waals surface area contributed by atoms with Crippen LogP contribution in [0.2, 0.25) is 0 Å². The van der Waals surface area contributed by atoms with Crippen LogP contribution in [-0.2, 0) is 11.4 Å². The van der Waals surface area contributed by atoms with Gasteiger partial charge in [0, 0.05) is 5.56 Å². The van der Waals surface area contributed by atoms with Crippen LogP contribution in [0, 0.1) is 0 Å². The lowest BCUT2D eigenvalue weighted by Crippen LogP contribution is -2.07. The van der Waals surface area contributed by atoms with Gasteiger partial charge in [-0.3, -0.25) is 4.79 Å². The molecule has 0 unspecified atom stereocenters. The zero-order valence-corrected chi connectivity index (χ0v) is 12.0. The van der Waals surface area contributed by atoms with Crippen molar-refractivity contribution in [3.05, 3.63) is 65.2 Å². The van der Waals surface area contributed by atoms with Gasteiger partial charge in [-0.2, -0.15) is 0 Å².